The van der Waals surface area contributed by atoms with Crippen LogP contribution in [0.3, 0.4) is 0 Å². The highest BCUT2D eigenvalue weighted by Gasteiger charge is 2.29. The third kappa shape index (κ3) is 2.90. The average molecular weight is 326 g/mol. The first-order valence-corrected chi connectivity index (χ1v) is 7.57. The van der Waals surface area contributed by atoms with Gasteiger partial charge in [0, 0.05) is 18.3 Å². The summed E-state index contributed by atoms with van der Waals surface area (Å²) in [6.07, 6.45) is 0.748. The first-order valence-electron chi connectivity index (χ1n) is 7.57. The Morgan fingerprint density at radius 1 is 1.08 bits per heavy atom. The molecule has 2 aromatic rings. The highest BCUT2D eigenvalue weighted by molar-refractivity contribution is 6.44. The number of hydrogen-bond acceptors (Lipinski definition) is 4. The van der Waals surface area contributed by atoms with Crippen LogP contribution >= 0.6 is 0 Å². The summed E-state index contributed by atoms with van der Waals surface area (Å²) < 4.78 is 10.4. The zero-order chi connectivity index (χ0) is 17.1. The van der Waals surface area contributed by atoms with Crippen LogP contribution in [0.5, 0.6) is 11.5 Å². The van der Waals surface area contributed by atoms with Gasteiger partial charge < -0.3 is 19.7 Å². The second-order valence-corrected chi connectivity index (χ2v) is 5.36. The van der Waals surface area contributed by atoms with Gasteiger partial charge in [0.25, 0.3) is 0 Å². The number of amides is 2. The lowest BCUT2D eigenvalue weighted by molar-refractivity contribution is -0.134. The maximum atomic E-state index is 12.5. The van der Waals surface area contributed by atoms with Gasteiger partial charge in [0.1, 0.15) is 11.5 Å². The van der Waals surface area contributed by atoms with Crippen molar-refractivity contribution in [2.45, 2.75) is 6.42 Å². The molecule has 0 aliphatic carbocycles. The van der Waals surface area contributed by atoms with Gasteiger partial charge in [-0.05, 0) is 30.2 Å². The lowest BCUT2D eigenvalue weighted by atomic mass is 10.2. The fraction of sp³-hybridized carbons (Fsp3) is 0.222. The fourth-order valence-corrected chi connectivity index (χ4v) is 2.76. The highest BCUT2D eigenvalue weighted by Crippen LogP contribution is 2.30. The van der Waals surface area contributed by atoms with Crippen molar-refractivity contribution >= 4 is 23.2 Å². The van der Waals surface area contributed by atoms with E-state index < -0.39 is 11.8 Å². The van der Waals surface area contributed by atoms with E-state index in [1.807, 2.05) is 24.3 Å². The van der Waals surface area contributed by atoms with E-state index >= 15 is 0 Å². The molecule has 1 N–H and O–H groups in total. The molecule has 1 aliphatic rings. The normalized spacial score (nSPS) is 12.5. The minimum absolute atomic E-state index is 0.391. The number of rotatable bonds is 3. The molecule has 6 nitrogen and oxygen atoms in total. The molecule has 6 heteroatoms. The standard InChI is InChI=1S/C18H18N2O4/c1-23-13-7-8-16(24-2)14(11-13)19-17(21)18(22)20-10-9-12-5-3-4-6-15(12)20/h3-8,11H,9-10H2,1-2H3,(H,19,21). The van der Waals surface area contributed by atoms with Crippen molar-refractivity contribution < 1.29 is 19.1 Å². The van der Waals surface area contributed by atoms with Crippen molar-refractivity contribution in [3.05, 3.63) is 48.0 Å². The summed E-state index contributed by atoms with van der Waals surface area (Å²) in [5.74, 6) is -0.285. The average Bonchev–Trinajstić information content (AvgIpc) is 3.05. The zero-order valence-corrected chi connectivity index (χ0v) is 13.5. The van der Waals surface area contributed by atoms with E-state index in [2.05, 4.69) is 5.32 Å². The van der Waals surface area contributed by atoms with Gasteiger partial charge in [-0.1, -0.05) is 18.2 Å². The number of carbonyl (C=O) groups excluding carboxylic acids is 2. The van der Waals surface area contributed by atoms with E-state index in [9.17, 15) is 9.59 Å². The summed E-state index contributed by atoms with van der Waals surface area (Å²) in [4.78, 5) is 26.4. The summed E-state index contributed by atoms with van der Waals surface area (Å²) in [6, 6.07) is 12.6. The molecule has 24 heavy (non-hydrogen) atoms. The Kier molecular flexibility index (Phi) is 4.37. The summed E-state index contributed by atoms with van der Waals surface area (Å²) in [7, 11) is 3.02. The molecule has 124 valence electrons. The van der Waals surface area contributed by atoms with E-state index in [0.717, 1.165) is 17.7 Å². The molecule has 0 bridgehead atoms. The summed E-state index contributed by atoms with van der Waals surface area (Å²) in [5.41, 5.74) is 2.25. The van der Waals surface area contributed by atoms with Gasteiger partial charge in [-0.3, -0.25) is 9.59 Å². The molecule has 0 saturated heterocycles. The predicted octanol–water partition coefficient (Wildman–Crippen LogP) is 2.23. The Labute approximate surface area is 140 Å². The second-order valence-electron chi connectivity index (χ2n) is 5.36. The van der Waals surface area contributed by atoms with Crippen molar-refractivity contribution in [2.75, 3.05) is 31.0 Å². The molecule has 0 spiro atoms. The number of ether oxygens (including phenoxy) is 2. The maximum Gasteiger partial charge on any atom is 0.316 e. The Morgan fingerprint density at radius 2 is 1.88 bits per heavy atom. The molecule has 0 saturated carbocycles. The van der Waals surface area contributed by atoms with Crippen molar-refractivity contribution in [2.24, 2.45) is 0 Å². The summed E-state index contributed by atoms with van der Waals surface area (Å²) >= 11 is 0. The van der Waals surface area contributed by atoms with Crippen molar-refractivity contribution in [3.8, 4) is 11.5 Å². The molecule has 1 heterocycles. The molecule has 0 radical (unpaired) electrons. The smallest absolute Gasteiger partial charge is 0.316 e. The van der Waals surface area contributed by atoms with E-state index in [1.165, 1.54) is 19.1 Å². The van der Waals surface area contributed by atoms with E-state index in [4.69, 9.17) is 9.47 Å². The van der Waals surface area contributed by atoms with Gasteiger partial charge in [-0.15, -0.1) is 0 Å². The molecule has 2 aromatic carbocycles. The van der Waals surface area contributed by atoms with Crippen LogP contribution < -0.4 is 19.7 Å². The summed E-state index contributed by atoms with van der Waals surface area (Å²) in [6.45, 7) is 0.501. The third-order valence-electron chi connectivity index (χ3n) is 3.98. The minimum Gasteiger partial charge on any atom is -0.497 e. The third-order valence-corrected chi connectivity index (χ3v) is 3.98. The van der Waals surface area contributed by atoms with Gasteiger partial charge in [-0.2, -0.15) is 0 Å². The molecular formula is C18H18N2O4. The van der Waals surface area contributed by atoms with Crippen LogP contribution in [-0.4, -0.2) is 32.6 Å². The molecule has 1 aliphatic heterocycles. The predicted molar refractivity (Wildman–Crippen MR) is 90.7 cm³/mol. The van der Waals surface area contributed by atoms with Gasteiger partial charge in [0.15, 0.2) is 0 Å². The Hall–Kier alpha value is -3.02. The topological polar surface area (TPSA) is 67.9 Å². The number of nitrogens with zero attached hydrogens (tertiary/aromatic N) is 1. The number of nitrogens with one attached hydrogen (secondary N) is 1. The molecule has 2 amide bonds. The number of para-hydroxylation sites is 1. The molecule has 0 atom stereocenters. The lowest BCUT2D eigenvalue weighted by Crippen LogP contribution is -2.38. The quantitative estimate of drug-likeness (QED) is 0.878. The van der Waals surface area contributed by atoms with Gasteiger partial charge in [-0.25, -0.2) is 0 Å². The molecule has 0 unspecified atom stereocenters. The van der Waals surface area contributed by atoms with Crippen molar-refractivity contribution in [3.63, 3.8) is 0 Å². The second kappa shape index (κ2) is 6.62. The Balaban J connectivity index is 1.80. The van der Waals surface area contributed by atoms with Gasteiger partial charge in [0.2, 0.25) is 0 Å². The van der Waals surface area contributed by atoms with E-state index in [-0.39, 0.29) is 0 Å². The number of hydrogen-bond donors (Lipinski definition) is 1. The Bertz CT molecular complexity index is 788. The molecular weight excluding hydrogens is 308 g/mol. The highest BCUT2D eigenvalue weighted by atomic mass is 16.5. The Morgan fingerprint density at radius 3 is 2.62 bits per heavy atom. The van der Waals surface area contributed by atoms with Gasteiger partial charge >= 0.3 is 11.8 Å². The van der Waals surface area contributed by atoms with Crippen LogP contribution in [-0.2, 0) is 16.0 Å². The molecule has 3 rings (SSSR count). The van der Waals surface area contributed by atoms with Gasteiger partial charge in [0.05, 0.1) is 19.9 Å². The van der Waals surface area contributed by atoms with Crippen LogP contribution in [0.25, 0.3) is 0 Å². The number of carbonyl (C=O) groups is 2. The number of fused-ring (bicyclic) bond motifs is 1. The van der Waals surface area contributed by atoms with Crippen LogP contribution in [0.1, 0.15) is 5.56 Å². The SMILES string of the molecule is COc1ccc(OC)c(NC(=O)C(=O)N2CCc3ccccc32)c1. The number of methoxy groups -OCH3 is 2. The van der Waals surface area contributed by atoms with Crippen molar-refractivity contribution in [1.29, 1.82) is 0 Å². The summed E-state index contributed by atoms with van der Waals surface area (Å²) in [5, 5.41) is 2.61. The molecule has 0 fully saturated rings. The van der Waals surface area contributed by atoms with E-state index in [0.29, 0.717) is 23.7 Å². The molecule has 0 aromatic heterocycles. The van der Waals surface area contributed by atoms with Crippen LogP contribution in [0, 0.1) is 0 Å². The maximum absolute atomic E-state index is 12.5. The fourth-order valence-electron chi connectivity index (χ4n) is 2.76. The largest absolute Gasteiger partial charge is 0.497 e. The first-order chi connectivity index (χ1) is 11.6. The number of benzene rings is 2. The van der Waals surface area contributed by atoms with Crippen LogP contribution in [0.4, 0.5) is 11.4 Å². The van der Waals surface area contributed by atoms with Crippen molar-refractivity contribution in [1.82, 2.24) is 0 Å². The monoisotopic (exact) mass is 326 g/mol. The number of anilines is 2. The van der Waals surface area contributed by atoms with Crippen LogP contribution in [0.15, 0.2) is 42.5 Å². The van der Waals surface area contributed by atoms with E-state index in [1.54, 1.807) is 18.2 Å². The zero-order valence-electron chi connectivity index (χ0n) is 13.5. The lowest BCUT2D eigenvalue weighted by Gasteiger charge is -2.17. The first kappa shape index (κ1) is 15.9. The minimum atomic E-state index is -0.710. The van der Waals surface area contributed by atoms with Crippen LogP contribution in [0.2, 0.25) is 0 Å².